The molecule has 4 aromatic rings. The minimum atomic E-state index is -0.655. The number of aromatic amines is 1. The number of pyridine rings is 1. The van der Waals surface area contributed by atoms with Crippen LogP contribution in [0, 0.1) is 0 Å². The van der Waals surface area contributed by atoms with Gasteiger partial charge in [-0.3, -0.25) is 14.7 Å². The monoisotopic (exact) mass is 609 g/mol. The van der Waals surface area contributed by atoms with Gasteiger partial charge in [0.1, 0.15) is 11.6 Å². The Labute approximate surface area is 266 Å². The van der Waals surface area contributed by atoms with Crippen molar-refractivity contribution in [1.82, 2.24) is 20.2 Å². The van der Waals surface area contributed by atoms with Crippen LogP contribution in [-0.4, -0.2) is 51.6 Å². The van der Waals surface area contributed by atoms with E-state index in [2.05, 4.69) is 45.9 Å². The maximum atomic E-state index is 13.6. The summed E-state index contributed by atoms with van der Waals surface area (Å²) >= 11 is 0. The molecule has 1 aliphatic heterocycles. The molecule has 2 aliphatic rings. The lowest BCUT2D eigenvalue weighted by Crippen LogP contribution is -2.55. The Morgan fingerprint density at radius 3 is 2.44 bits per heavy atom. The number of H-pyrrole nitrogens is 1. The van der Waals surface area contributed by atoms with Gasteiger partial charge in [0.25, 0.3) is 0 Å². The number of nitrogens with zero attached hydrogens (tertiary/aromatic N) is 2. The fourth-order valence-electron chi connectivity index (χ4n) is 7.04. The van der Waals surface area contributed by atoms with E-state index in [-0.39, 0.29) is 11.9 Å². The number of unbranched alkanes of at least 4 members (excludes halogenated alkanes) is 3. The van der Waals surface area contributed by atoms with Crippen LogP contribution in [0.2, 0.25) is 0 Å². The van der Waals surface area contributed by atoms with Gasteiger partial charge in [0.2, 0.25) is 5.91 Å². The van der Waals surface area contributed by atoms with E-state index in [0.29, 0.717) is 13.0 Å². The van der Waals surface area contributed by atoms with E-state index in [9.17, 15) is 9.59 Å². The first-order chi connectivity index (χ1) is 21.7. The highest BCUT2D eigenvalue weighted by Crippen LogP contribution is 2.38. The molecule has 45 heavy (non-hydrogen) atoms. The molecular formula is C37H47N5O3. The number of nitrogens with one attached hydrogen (secondary N) is 3. The van der Waals surface area contributed by atoms with Crippen molar-refractivity contribution in [2.24, 2.45) is 0 Å². The van der Waals surface area contributed by atoms with Gasteiger partial charge >= 0.3 is 6.09 Å². The molecule has 0 spiro atoms. The van der Waals surface area contributed by atoms with E-state index in [1.807, 2.05) is 45.9 Å². The summed E-state index contributed by atoms with van der Waals surface area (Å²) in [6.07, 6.45) is 8.67. The molecule has 0 fully saturated rings. The number of aromatic nitrogens is 2. The summed E-state index contributed by atoms with van der Waals surface area (Å²) in [6.45, 7) is 9.03. The maximum absolute atomic E-state index is 13.6. The first-order valence-electron chi connectivity index (χ1n) is 16.7. The van der Waals surface area contributed by atoms with E-state index in [1.54, 1.807) is 4.90 Å². The molecule has 0 saturated heterocycles. The van der Waals surface area contributed by atoms with Gasteiger partial charge in [-0.05, 0) is 89.5 Å². The lowest BCUT2D eigenvalue weighted by atomic mass is 9.92. The second kappa shape index (κ2) is 13.1. The summed E-state index contributed by atoms with van der Waals surface area (Å²) < 4.78 is 5.77. The van der Waals surface area contributed by atoms with Gasteiger partial charge in [-0.2, -0.15) is 0 Å². The first kappa shape index (κ1) is 30.9. The van der Waals surface area contributed by atoms with Crippen molar-refractivity contribution >= 4 is 39.5 Å². The quantitative estimate of drug-likeness (QED) is 0.170. The number of carbonyl (C=O) groups excluding carboxylic acids is 2. The zero-order valence-electron chi connectivity index (χ0n) is 27.2. The third-order valence-corrected chi connectivity index (χ3v) is 9.20. The molecule has 2 aromatic heterocycles. The number of hydrogen-bond acceptors (Lipinski definition) is 5. The molecule has 238 valence electrons. The molecule has 0 bridgehead atoms. The Morgan fingerprint density at radius 2 is 1.64 bits per heavy atom. The highest BCUT2D eigenvalue weighted by Gasteiger charge is 2.42. The van der Waals surface area contributed by atoms with E-state index in [4.69, 9.17) is 9.72 Å². The van der Waals surface area contributed by atoms with Crippen LogP contribution in [0.25, 0.3) is 21.8 Å². The molecule has 0 radical (unpaired) electrons. The Morgan fingerprint density at radius 1 is 0.933 bits per heavy atom. The van der Waals surface area contributed by atoms with Crippen LogP contribution in [0.1, 0.15) is 94.8 Å². The van der Waals surface area contributed by atoms with Crippen LogP contribution < -0.4 is 10.6 Å². The molecule has 1 aliphatic carbocycles. The fraction of sp³-hybridized carbons (Fsp3) is 0.486. The Bertz CT molecular complexity index is 1690. The maximum Gasteiger partial charge on any atom is 0.411 e. The summed E-state index contributed by atoms with van der Waals surface area (Å²) in [6, 6.07) is 15.6. The number of rotatable bonds is 9. The van der Waals surface area contributed by atoms with Crippen LogP contribution in [0.4, 0.5) is 10.5 Å². The topological polar surface area (TPSA) is 99.4 Å². The number of aryl methyl sites for hydroxylation is 1. The average molecular weight is 610 g/mol. The second-order valence-electron chi connectivity index (χ2n) is 13.6. The predicted molar refractivity (Wildman–Crippen MR) is 181 cm³/mol. The molecule has 1 unspecified atom stereocenters. The van der Waals surface area contributed by atoms with Gasteiger partial charge in [0, 0.05) is 52.9 Å². The number of hydrogen-bond donors (Lipinski definition) is 3. The molecular weight excluding hydrogens is 562 g/mol. The van der Waals surface area contributed by atoms with Crippen LogP contribution >= 0.6 is 0 Å². The van der Waals surface area contributed by atoms with E-state index >= 15 is 0 Å². The number of carbonyl (C=O) groups is 2. The van der Waals surface area contributed by atoms with E-state index in [1.165, 1.54) is 35.2 Å². The summed E-state index contributed by atoms with van der Waals surface area (Å²) in [5, 5.41) is 9.23. The molecule has 3 heterocycles. The fourth-order valence-corrected chi connectivity index (χ4v) is 7.04. The Balaban J connectivity index is 1.03. The zero-order valence-corrected chi connectivity index (χ0v) is 27.2. The highest BCUT2D eigenvalue weighted by atomic mass is 16.6. The van der Waals surface area contributed by atoms with Gasteiger partial charge in [0.15, 0.2) is 0 Å². The zero-order chi connectivity index (χ0) is 31.6. The summed E-state index contributed by atoms with van der Waals surface area (Å²) in [4.78, 5) is 37.1. The number of benzene rings is 2. The lowest BCUT2D eigenvalue weighted by molar-refractivity contribution is -0.127. The SMILES string of the molecule is CC1c2[nH]c3ccccc3c2C[C@@H](C(=O)NCCCCCCNc2c3c(nc4ccccc24)CCCC3)N1C(=O)OC(C)(C)C. The molecule has 8 nitrogen and oxygen atoms in total. The van der Waals surface area contributed by atoms with Crippen molar-refractivity contribution in [3.63, 3.8) is 0 Å². The van der Waals surface area contributed by atoms with Gasteiger partial charge in [-0.15, -0.1) is 0 Å². The minimum Gasteiger partial charge on any atom is -0.444 e. The molecule has 3 N–H and O–H groups in total. The molecule has 6 rings (SSSR count). The number of para-hydroxylation sites is 2. The lowest BCUT2D eigenvalue weighted by Gasteiger charge is -2.40. The van der Waals surface area contributed by atoms with Crippen LogP contribution in [-0.2, 0) is 28.8 Å². The summed E-state index contributed by atoms with van der Waals surface area (Å²) in [7, 11) is 0. The smallest absolute Gasteiger partial charge is 0.411 e. The van der Waals surface area contributed by atoms with Gasteiger partial charge in [-0.1, -0.05) is 49.2 Å². The first-order valence-corrected chi connectivity index (χ1v) is 16.7. The minimum absolute atomic E-state index is 0.125. The molecule has 2 aromatic carbocycles. The molecule has 2 amide bonds. The van der Waals surface area contributed by atoms with Crippen LogP contribution in [0.5, 0.6) is 0 Å². The molecule has 2 atom stereocenters. The van der Waals surface area contributed by atoms with Gasteiger partial charge in [-0.25, -0.2) is 4.79 Å². The Kier molecular flexibility index (Phi) is 9.02. The van der Waals surface area contributed by atoms with Crippen molar-refractivity contribution in [2.75, 3.05) is 18.4 Å². The van der Waals surface area contributed by atoms with E-state index < -0.39 is 17.7 Å². The van der Waals surface area contributed by atoms with Crippen molar-refractivity contribution in [2.45, 2.75) is 103 Å². The average Bonchev–Trinajstić information content (AvgIpc) is 3.40. The third kappa shape index (κ3) is 6.65. The molecule has 0 saturated carbocycles. The number of fused-ring (bicyclic) bond motifs is 5. The van der Waals surface area contributed by atoms with Crippen LogP contribution in [0.15, 0.2) is 48.5 Å². The number of ether oxygens (including phenoxy) is 1. The van der Waals surface area contributed by atoms with Crippen molar-refractivity contribution in [3.8, 4) is 0 Å². The van der Waals surface area contributed by atoms with Crippen molar-refractivity contribution in [1.29, 1.82) is 0 Å². The standard InChI is InChI=1S/C37H47N5O3/c1-24-33-28(25-15-7-10-18-29(25)41-33)23-32(42(24)36(44)45-37(2,3)4)35(43)39-22-14-6-5-13-21-38-34-26-16-8-11-19-30(26)40-31-20-12-9-17-27(31)34/h7-8,10-11,15-16,18-19,24,32,41H,5-6,9,12-14,17,20-23H2,1-4H3,(H,38,40)(H,39,43)/t24?,32-/m0/s1. The van der Waals surface area contributed by atoms with Crippen molar-refractivity contribution in [3.05, 3.63) is 71.0 Å². The van der Waals surface area contributed by atoms with Gasteiger partial charge < -0.3 is 20.4 Å². The summed E-state index contributed by atoms with van der Waals surface area (Å²) in [5.74, 6) is -0.125. The Hall–Kier alpha value is -4.07. The second-order valence-corrected chi connectivity index (χ2v) is 13.6. The number of anilines is 1. The largest absolute Gasteiger partial charge is 0.444 e. The normalized spacial score (nSPS) is 18.0. The van der Waals surface area contributed by atoms with Gasteiger partial charge in [0.05, 0.1) is 11.6 Å². The summed E-state index contributed by atoms with van der Waals surface area (Å²) in [5.41, 5.74) is 7.46. The number of amides is 2. The van der Waals surface area contributed by atoms with Crippen molar-refractivity contribution < 1.29 is 14.3 Å². The highest BCUT2D eigenvalue weighted by molar-refractivity contribution is 5.94. The van der Waals surface area contributed by atoms with E-state index in [0.717, 1.165) is 72.7 Å². The third-order valence-electron chi connectivity index (χ3n) is 9.20. The van der Waals surface area contributed by atoms with Crippen LogP contribution in [0.3, 0.4) is 0 Å². The predicted octanol–water partition coefficient (Wildman–Crippen LogP) is 7.61. The molecule has 8 heteroatoms.